The third-order valence-electron chi connectivity index (χ3n) is 14.4. The smallest absolute Gasteiger partial charge is 0.306 e. The Balaban J connectivity index is 4.41. The number of rotatable bonds is 61. The zero-order valence-electron chi connectivity index (χ0n) is 53.5. The van der Waals surface area contributed by atoms with E-state index in [0.717, 1.165) is 141 Å². The maximum atomic E-state index is 13.0. The quantitative estimate of drug-likeness (QED) is 0.0261. The Bertz CT molecular complexity index is 1730. The summed E-state index contributed by atoms with van der Waals surface area (Å²) in [6, 6.07) is 0. The molecule has 0 aliphatic rings. The van der Waals surface area contributed by atoms with Crippen LogP contribution in [0.15, 0.2) is 134 Å². The molecule has 466 valence electrons. The highest BCUT2D eigenvalue weighted by molar-refractivity contribution is 5.71. The predicted octanol–water partition coefficient (Wildman–Crippen LogP) is 23.7. The lowest BCUT2D eigenvalue weighted by molar-refractivity contribution is -0.167. The maximum Gasteiger partial charge on any atom is 0.306 e. The lowest BCUT2D eigenvalue weighted by Gasteiger charge is -2.18. The van der Waals surface area contributed by atoms with Crippen molar-refractivity contribution in [2.24, 2.45) is 0 Å². The molecule has 1 unspecified atom stereocenters. The Hall–Kier alpha value is -4.45. The van der Waals surface area contributed by atoms with Crippen molar-refractivity contribution in [2.75, 3.05) is 13.2 Å². The van der Waals surface area contributed by atoms with Crippen LogP contribution in [0.2, 0.25) is 0 Å². The molecule has 0 N–H and O–H groups in total. The van der Waals surface area contributed by atoms with Crippen molar-refractivity contribution in [3.05, 3.63) is 134 Å². The molecule has 0 fully saturated rings. The van der Waals surface area contributed by atoms with Crippen LogP contribution in [0.25, 0.3) is 0 Å². The Kier molecular flexibility index (Phi) is 65.3. The van der Waals surface area contributed by atoms with Crippen LogP contribution in [0.1, 0.15) is 310 Å². The van der Waals surface area contributed by atoms with Crippen molar-refractivity contribution in [3.63, 3.8) is 0 Å². The molecule has 1 atom stereocenters. The number of allylic oxidation sites excluding steroid dienone is 22. The van der Waals surface area contributed by atoms with Gasteiger partial charge in [-0.05, 0) is 135 Å². The number of carbonyl (C=O) groups is 3. The summed E-state index contributed by atoms with van der Waals surface area (Å²) in [5.41, 5.74) is 0. The molecule has 0 spiro atoms. The highest BCUT2D eigenvalue weighted by Gasteiger charge is 2.19. The highest BCUT2D eigenvalue weighted by atomic mass is 16.6. The molecule has 0 bridgehead atoms. The largest absolute Gasteiger partial charge is 0.462 e. The second kappa shape index (κ2) is 69.0. The third kappa shape index (κ3) is 66.4. The monoisotopic (exact) mass is 1130 g/mol. The number of hydrogen-bond acceptors (Lipinski definition) is 6. The SMILES string of the molecule is CC/C=C\C/C=C\C/C=C\C/C=C\C/C=C\C/C=C\CCCCCCCCCCC(=O)OCC(COC(=O)CCCCCCC/C=C\CCCCCCCCC)OC(=O)CCCCCCCCCC/C=C\C/C=C\C/C=C\C/C=C\CC. The Labute approximate surface area is 506 Å². The fourth-order valence-corrected chi connectivity index (χ4v) is 9.32. The average Bonchev–Trinajstić information content (AvgIpc) is 3.47. The van der Waals surface area contributed by atoms with E-state index >= 15 is 0 Å². The number of unbranched alkanes of at least 4 members (excludes halogenated alkanes) is 28. The fourth-order valence-electron chi connectivity index (χ4n) is 9.32. The van der Waals surface area contributed by atoms with Crippen molar-refractivity contribution in [3.8, 4) is 0 Å². The van der Waals surface area contributed by atoms with Gasteiger partial charge in [-0.1, -0.05) is 289 Å². The number of hydrogen-bond donors (Lipinski definition) is 0. The van der Waals surface area contributed by atoms with Crippen LogP contribution in [-0.2, 0) is 28.6 Å². The van der Waals surface area contributed by atoms with Crippen molar-refractivity contribution in [1.82, 2.24) is 0 Å². The molecule has 0 aromatic carbocycles. The molecule has 0 saturated carbocycles. The van der Waals surface area contributed by atoms with Crippen molar-refractivity contribution < 1.29 is 28.6 Å². The predicted molar refractivity (Wildman–Crippen MR) is 357 cm³/mol. The molecule has 82 heavy (non-hydrogen) atoms. The lowest BCUT2D eigenvalue weighted by Crippen LogP contribution is -2.30. The van der Waals surface area contributed by atoms with Gasteiger partial charge in [-0.15, -0.1) is 0 Å². The van der Waals surface area contributed by atoms with Gasteiger partial charge in [0.15, 0.2) is 6.10 Å². The van der Waals surface area contributed by atoms with E-state index in [-0.39, 0.29) is 31.1 Å². The van der Waals surface area contributed by atoms with Gasteiger partial charge in [-0.25, -0.2) is 0 Å². The molecule has 0 amide bonds. The molecule has 6 nitrogen and oxygen atoms in total. The Morgan fingerprint density at radius 1 is 0.256 bits per heavy atom. The molecular formula is C76H126O6. The van der Waals surface area contributed by atoms with E-state index < -0.39 is 6.10 Å². The normalized spacial score (nSPS) is 13.0. The summed E-state index contributed by atoms with van der Waals surface area (Å²) in [6.45, 7) is 6.41. The lowest BCUT2D eigenvalue weighted by atomic mass is 10.1. The highest BCUT2D eigenvalue weighted by Crippen LogP contribution is 2.16. The van der Waals surface area contributed by atoms with Gasteiger partial charge in [0.25, 0.3) is 0 Å². The molecule has 0 aliphatic heterocycles. The summed E-state index contributed by atoms with van der Waals surface area (Å²) in [4.78, 5) is 38.5. The standard InChI is InChI=1S/C76H126O6/c1-4-7-10-13-16-19-22-25-28-31-33-35-36-37-38-39-40-42-43-45-48-51-54-57-60-63-66-69-75(78)81-72-73(71-80-74(77)68-65-62-59-56-53-50-47-30-27-24-21-18-15-12-9-6-3)82-76(79)70-67-64-61-58-55-52-49-46-44-41-34-32-29-26-23-20-17-14-11-8-5-2/h7-8,10-11,16-17,19-20,25-26,28-30,33-35,37-38,40-42,47,73H,4-6,9,12-15,18,21-24,27,31-32,36,39,43-46,48-72H2,1-3H3/b10-7-,11-8-,19-16-,20-17-,28-25-,29-26-,35-33-,38-37-,41-34-,42-40-,47-30-. The number of carbonyl (C=O) groups excluding carboxylic acids is 3. The second-order valence-electron chi connectivity index (χ2n) is 22.3. The van der Waals surface area contributed by atoms with Gasteiger partial charge in [0.05, 0.1) is 0 Å². The van der Waals surface area contributed by atoms with Gasteiger partial charge >= 0.3 is 17.9 Å². The minimum atomic E-state index is -0.796. The van der Waals surface area contributed by atoms with Crippen LogP contribution in [0.3, 0.4) is 0 Å². The zero-order chi connectivity index (χ0) is 59.2. The van der Waals surface area contributed by atoms with Crippen LogP contribution in [0.4, 0.5) is 0 Å². The van der Waals surface area contributed by atoms with Crippen molar-refractivity contribution >= 4 is 17.9 Å². The topological polar surface area (TPSA) is 78.9 Å². The summed E-state index contributed by atoms with van der Waals surface area (Å²) >= 11 is 0. The third-order valence-corrected chi connectivity index (χ3v) is 14.4. The van der Waals surface area contributed by atoms with Crippen LogP contribution >= 0.6 is 0 Å². The Morgan fingerprint density at radius 2 is 0.476 bits per heavy atom. The van der Waals surface area contributed by atoms with Crippen molar-refractivity contribution in [2.45, 2.75) is 316 Å². The van der Waals surface area contributed by atoms with Gasteiger partial charge < -0.3 is 14.2 Å². The molecule has 0 rings (SSSR count). The summed E-state index contributed by atoms with van der Waals surface area (Å²) in [5.74, 6) is -0.908. The summed E-state index contributed by atoms with van der Waals surface area (Å²) in [7, 11) is 0. The van der Waals surface area contributed by atoms with E-state index in [0.29, 0.717) is 19.3 Å². The first-order chi connectivity index (χ1) is 40.5. The van der Waals surface area contributed by atoms with Gasteiger partial charge in [-0.3, -0.25) is 14.4 Å². The first kappa shape index (κ1) is 77.5. The molecule has 0 aliphatic carbocycles. The average molecular weight is 1140 g/mol. The molecule has 0 heterocycles. The van der Waals surface area contributed by atoms with E-state index in [1.807, 2.05) is 0 Å². The molecular weight excluding hydrogens is 1010 g/mol. The van der Waals surface area contributed by atoms with Crippen LogP contribution in [0.5, 0.6) is 0 Å². The first-order valence-corrected chi connectivity index (χ1v) is 34.2. The van der Waals surface area contributed by atoms with E-state index in [2.05, 4.69) is 154 Å². The summed E-state index contributed by atoms with van der Waals surface area (Å²) in [6.07, 6.45) is 97.4. The van der Waals surface area contributed by atoms with Gasteiger partial charge in [0.2, 0.25) is 0 Å². The van der Waals surface area contributed by atoms with E-state index in [1.165, 1.54) is 128 Å². The molecule has 0 aromatic rings. The van der Waals surface area contributed by atoms with Crippen LogP contribution in [0, 0.1) is 0 Å². The van der Waals surface area contributed by atoms with Gasteiger partial charge in [0, 0.05) is 19.3 Å². The minimum Gasteiger partial charge on any atom is -0.462 e. The van der Waals surface area contributed by atoms with Gasteiger partial charge in [-0.2, -0.15) is 0 Å². The fraction of sp³-hybridized carbons (Fsp3) is 0.671. The van der Waals surface area contributed by atoms with Crippen molar-refractivity contribution in [1.29, 1.82) is 0 Å². The molecule has 0 radical (unpaired) electrons. The van der Waals surface area contributed by atoms with Gasteiger partial charge in [0.1, 0.15) is 13.2 Å². The van der Waals surface area contributed by atoms with E-state index in [1.54, 1.807) is 0 Å². The summed E-state index contributed by atoms with van der Waals surface area (Å²) < 4.78 is 17.0. The number of ether oxygens (including phenoxy) is 3. The van der Waals surface area contributed by atoms with E-state index in [4.69, 9.17) is 14.2 Å². The number of esters is 3. The maximum absolute atomic E-state index is 13.0. The molecule has 0 aromatic heterocycles. The molecule has 0 saturated heterocycles. The first-order valence-electron chi connectivity index (χ1n) is 34.2. The van der Waals surface area contributed by atoms with Crippen LogP contribution in [-0.4, -0.2) is 37.2 Å². The second-order valence-corrected chi connectivity index (χ2v) is 22.3. The summed E-state index contributed by atoms with van der Waals surface area (Å²) in [5, 5.41) is 0. The zero-order valence-corrected chi connectivity index (χ0v) is 53.5. The Morgan fingerprint density at radius 3 is 0.756 bits per heavy atom. The van der Waals surface area contributed by atoms with Crippen LogP contribution < -0.4 is 0 Å². The minimum absolute atomic E-state index is 0.0906. The van der Waals surface area contributed by atoms with E-state index in [9.17, 15) is 14.4 Å². The molecule has 6 heteroatoms.